The number of nitrogens with zero attached hydrogens (tertiary/aromatic N) is 2. The normalized spacial score (nSPS) is 9.93. The number of pyridine rings is 1. The van der Waals surface area contributed by atoms with Gasteiger partial charge in [0, 0.05) is 11.6 Å². The van der Waals surface area contributed by atoms with Crippen LogP contribution in [0.25, 0.3) is 10.8 Å². The highest BCUT2D eigenvalue weighted by atomic mass is 35.5. The molecule has 0 amide bonds. The van der Waals surface area contributed by atoms with Crippen molar-refractivity contribution >= 4 is 22.4 Å². The Morgan fingerprint density at radius 3 is 2.93 bits per heavy atom. The fourth-order valence-electron chi connectivity index (χ4n) is 1.42. The van der Waals surface area contributed by atoms with E-state index in [4.69, 9.17) is 21.6 Å². The maximum absolute atomic E-state index is 8.90. The molecule has 0 saturated heterocycles. The number of methoxy groups -OCH3 is 1. The largest absolute Gasteiger partial charge is 0.495 e. The summed E-state index contributed by atoms with van der Waals surface area (Å²) in [4.78, 5) is 3.97. The van der Waals surface area contributed by atoms with Crippen LogP contribution in [-0.4, -0.2) is 12.1 Å². The first-order valence-corrected chi connectivity index (χ1v) is 4.66. The Labute approximate surface area is 91.9 Å². The molecule has 0 atom stereocenters. The van der Waals surface area contributed by atoms with Gasteiger partial charge in [-0.2, -0.15) is 5.26 Å². The van der Waals surface area contributed by atoms with Crippen molar-refractivity contribution in [2.24, 2.45) is 0 Å². The van der Waals surface area contributed by atoms with E-state index in [0.29, 0.717) is 16.5 Å². The van der Waals surface area contributed by atoms with Gasteiger partial charge in [-0.05, 0) is 23.6 Å². The number of hydrogen-bond acceptors (Lipinski definition) is 3. The quantitative estimate of drug-likeness (QED) is 0.692. The molecule has 0 fully saturated rings. The summed E-state index contributed by atoms with van der Waals surface area (Å²) in [6.07, 6.45) is 1.61. The highest BCUT2D eigenvalue weighted by Gasteiger charge is 2.07. The first kappa shape index (κ1) is 9.75. The molecule has 0 saturated carbocycles. The maximum atomic E-state index is 8.90. The van der Waals surface area contributed by atoms with Crippen molar-refractivity contribution in [2.45, 2.75) is 0 Å². The van der Waals surface area contributed by atoms with Crippen LogP contribution < -0.4 is 4.74 Å². The SMILES string of the molecule is COc1cc2c(Cl)nccc2cc1C#N. The van der Waals surface area contributed by atoms with E-state index in [1.54, 1.807) is 18.3 Å². The van der Waals surface area contributed by atoms with E-state index in [1.807, 2.05) is 6.07 Å². The summed E-state index contributed by atoms with van der Waals surface area (Å²) in [7, 11) is 1.52. The maximum Gasteiger partial charge on any atom is 0.137 e. The zero-order valence-electron chi connectivity index (χ0n) is 7.99. The lowest BCUT2D eigenvalue weighted by molar-refractivity contribution is 0.414. The Bertz CT molecular complexity index is 560. The lowest BCUT2D eigenvalue weighted by Gasteiger charge is -2.05. The van der Waals surface area contributed by atoms with E-state index in [0.717, 1.165) is 10.8 Å². The molecule has 1 heterocycles. The van der Waals surface area contributed by atoms with Gasteiger partial charge in [-0.3, -0.25) is 0 Å². The van der Waals surface area contributed by atoms with Gasteiger partial charge >= 0.3 is 0 Å². The molecule has 0 aliphatic heterocycles. The zero-order chi connectivity index (χ0) is 10.8. The Morgan fingerprint density at radius 1 is 1.47 bits per heavy atom. The molecule has 2 rings (SSSR count). The van der Waals surface area contributed by atoms with E-state index in [9.17, 15) is 0 Å². The van der Waals surface area contributed by atoms with Crippen LogP contribution in [0.4, 0.5) is 0 Å². The third-order valence-corrected chi connectivity index (χ3v) is 2.46. The fourth-order valence-corrected chi connectivity index (χ4v) is 1.64. The van der Waals surface area contributed by atoms with Crippen LogP contribution in [0, 0.1) is 11.3 Å². The summed E-state index contributed by atoms with van der Waals surface area (Å²) in [5.74, 6) is 0.514. The second kappa shape index (κ2) is 3.76. The van der Waals surface area contributed by atoms with Crippen LogP contribution in [0.2, 0.25) is 5.15 Å². The highest BCUT2D eigenvalue weighted by molar-refractivity contribution is 6.34. The molecule has 74 valence electrons. The predicted molar refractivity (Wildman–Crippen MR) is 58.0 cm³/mol. The van der Waals surface area contributed by atoms with Crippen LogP contribution in [0.3, 0.4) is 0 Å². The van der Waals surface area contributed by atoms with Gasteiger partial charge in [-0.15, -0.1) is 0 Å². The molecule has 0 N–H and O–H groups in total. The molecule has 1 aromatic carbocycles. The molecule has 0 bridgehead atoms. The second-order valence-corrected chi connectivity index (χ2v) is 3.35. The van der Waals surface area contributed by atoms with E-state index < -0.39 is 0 Å². The number of ether oxygens (including phenoxy) is 1. The highest BCUT2D eigenvalue weighted by Crippen LogP contribution is 2.28. The molecule has 0 spiro atoms. The Hall–Kier alpha value is -1.79. The lowest BCUT2D eigenvalue weighted by atomic mass is 10.1. The summed E-state index contributed by atoms with van der Waals surface area (Å²) >= 11 is 5.93. The Balaban J connectivity index is 2.83. The molecule has 0 aliphatic carbocycles. The first-order chi connectivity index (χ1) is 7.26. The number of halogens is 1. The molecule has 15 heavy (non-hydrogen) atoms. The summed E-state index contributed by atoms with van der Waals surface area (Å²) in [5.41, 5.74) is 0.493. The molecule has 0 radical (unpaired) electrons. The van der Waals surface area contributed by atoms with Gasteiger partial charge in [-0.25, -0.2) is 4.98 Å². The van der Waals surface area contributed by atoms with Crippen LogP contribution in [0.5, 0.6) is 5.75 Å². The van der Waals surface area contributed by atoms with Crippen LogP contribution in [0.15, 0.2) is 24.4 Å². The van der Waals surface area contributed by atoms with E-state index in [2.05, 4.69) is 11.1 Å². The predicted octanol–water partition coefficient (Wildman–Crippen LogP) is 2.77. The zero-order valence-corrected chi connectivity index (χ0v) is 8.75. The minimum absolute atomic E-state index is 0.412. The molecule has 2 aromatic rings. The van der Waals surface area contributed by atoms with E-state index >= 15 is 0 Å². The average Bonchev–Trinajstić information content (AvgIpc) is 2.28. The monoisotopic (exact) mass is 218 g/mol. The summed E-state index contributed by atoms with van der Waals surface area (Å²) in [6.45, 7) is 0. The van der Waals surface area contributed by atoms with Gasteiger partial charge in [0.25, 0.3) is 0 Å². The molecule has 0 unspecified atom stereocenters. The van der Waals surface area contributed by atoms with Crippen LogP contribution in [0.1, 0.15) is 5.56 Å². The fraction of sp³-hybridized carbons (Fsp3) is 0.0909. The number of fused-ring (bicyclic) bond motifs is 1. The average molecular weight is 219 g/mol. The minimum atomic E-state index is 0.412. The van der Waals surface area contributed by atoms with Gasteiger partial charge in [-0.1, -0.05) is 11.6 Å². The van der Waals surface area contributed by atoms with Crippen molar-refractivity contribution in [3.63, 3.8) is 0 Å². The minimum Gasteiger partial charge on any atom is -0.495 e. The third-order valence-electron chi connectivity index (χ3n) is 2.16. The van der Waals surface area contributed by atoms with E-state index in [1.165, 1.54) is 7.11 Å². The second-order valence-electron chi connectivity index (χ2n) is 2.99. The standard InChI is InChI=1S/C11H7ClN2O/c1-15-10-5-9-7(4-8(10)6-13)2-3-14-11(9)12/h2-5H,1H3. The van der Waals surface area contributed by atoms with Crippen LogP contribution >= 0.6 is 11.6 Å². The summed E-state index contributed by atoms with van der Waals surface area (Å²) in [6, 6.07) is 7.34. The van der Waals surface area contributed by atoms with Gasteiger partial charge < -0.3 is 4.74 Å². The number of rotatable bonds is 1. The van der Waals surface area contributed by atoms with Gasteiger partial charge in [0.05, 0.1) is 12.7 Å². The van der Waals surface area contributed by atoms with Crippen molar-refractivity contribution in [3.05, 3.63) is 35.1 Å². The van der Waals surface area contributed by atoms with E-state index in [-0.39, 0.29) is 0 Å². The summed E-state index contributed by atoms with van der Waals surface area (Å²) in [5, 5.41) is 11.0. The van der Waals surface area contributed by atoms with Crippen molar-refractivity contribution in [2.75, 3.05) is 7.11 Å². The Kier molecular flexibility index (Phi) is 2.44. The van der Waals surface area contributed by atoms with Crippen molar-refractivity contribution in [3.8, 4) is 11.8 Å². The molecular weight excluding hydrogens is 212 g/mol. The van der Waals surface area contributed by atoms with Gasteiger partial charge in [0.1, 0.15) is 17.0 Å². The number of nitriles is 1. The van der Waals surface area contributed by atoms with Crippen molar-refractivity contribution < 1.29 is 4.74 Å². The molecular formula is C11H7ClN2O. The van der Waals surface area contributed by atoms with Gasteiger partial charge in [0.15, 0.2) is 0 Å². The molecule has 1 aromatic heterocycles. The van der Waals surface area contributed by atoms with Crippen LogP contribution in [-0.2, 0) is 0 Å². The smallest absolute Gasteiger partial charge is 0.137 e. The number of aromatic nitrogens is 1. The number of hydrogen-bond donors (Lipinski definition) is 0. The summed E-state index contributed by atoms with van der Waals surface area (Å²) < 4.78 is 5.09. The lowest BCUT2D eigenvalue weighted by Crippen LogP contribution is -1.89. The topological polar surface area (TPSA) is 45.9 Å². The number of benzene rings is 1. The van der Waals surface area contributed by atoms with Crippen molar-refractivity contribution in [1.29, 1.82) is 5.26 Å². The molecule has 3 nitrogen and oxygen atoms in total. The molecule has 0 aliphatic rings. The first-order valence-electron chi connectivity index (χ1n) is 4.28. The van der Waals surface area contributed by atoms with Crippen molar-refractivity contribution in [1.82, 2.24) is 4.98 Å². The third kappa shape index (κ3) is 1.60. The van der Waals surface area contributed by atoms with Gasteiger partial charge in [0.2, 0.25) is 0 Å². The Morgan fingerprint density at radius 2 is 2.27 bits per heavy atom. The molecule has 4 heteroatoms.